The van der Waals surface area contributed by atoms with Crippen molar-refractivity contribution in [3.05, 3.63) is 14.8 Å². The highest BCUT2D eigenvalue weighted by atomic mass is 79.9. The molecule has 6 heteroatoms. The zero-order valence-electron chi connectivity index (χ0n) is 9.08. The van der Waals surface area contributed by atoms with Crippen LogP contribution in [-0.2, 0) is 4.79 Å². The van der Waals surface area contributed by atoms with E-state index >= 15 is 0 Å². The topological polar surface area (TPSA) is 38.1 Å². The second-order valence-electron chi connectivity index (χ2n) is 3.54. The molecule has 84 valence electrons. The molecule has 0 aliphatic rings. The van der Waals surface area contributed by atoms with Crippen LogP contribution in [0, 0.1) is 6.92 Å². The van der Waals surface area contributed by atoms with Gasteiger partial charge >= 0.3 is 0 Å². The van der Waals surface area contributed by atoms with Crippen LogP contribution >= 0.6 is 31.9 Å². The zero-order valence-corrected chi connectivity index (χ0v) is 12.3. The quantitative estimate of drug-likeness (QED) is 0.830. The van der Waals surface area contributed by atoms with Crippen molar-refractivity contribution in [3.63, 3.8) is 0 Å². The molecular weight excluding hydrogens is 326 g/mol. The minimum absolute atomic E-state index is 0.0283. The highest BCUT2D eigenvalue weighted by Crippen LogP contribution is 2.27. The second-order valence-corrected chi connectivity index (χ2v) is 5.09. The van der Waals surface area contributed by atoms with Gasteiger partial charge in [0, 0.05) is 14.1 Å². The Hall–Kier alpha value is -0.360. The molecule has 1 heterocycles. The van der Waals surface area contributed by atoms with E-state index in [2.05, 4.69) is 37.0 Å². The van der Waals surface area contributed by atoms with Crippen molar-refractivity contribution >= 4 is 37.8 Å². The number of hydrogen-bond donors (Lipinski definition) is 0. The highest BCUT2D eigenvalue weighted by Gasteiger charge is 2.21. The normalized spacial score (nSPS) is 12.7. The average Bonchev–Trinajstić information content (AvgIpc) is 2.43. The van der Waals surface area contributed by atoms with Crippen LogP contribution in [0.5, 0.6) is 0 Å². The standard InChI is InChI=1S/C9H13Br2N3O/c1-5-7(10)8(11)12-14(5)6(2)9(15)13(3)4/h6H,1-4H3. The number of halogens is 2. The zero-order chi connectivity index (χ0) is 11.7. The molecule has 4 nitrogen and oxygen atoms in total. The fourth-order valence-electron chi connectivity index (χ4n) is 1.32. The lowest BCUT2D eigenvalue weighted by atomic mass is 10.3. The highest BCUT2D eigenvalue weighted by molar-refractivity contribution is 9.13. The molecule has 0 N–H and O–H groups in total. The van der Waals surface area contributed by atoms with Crippen molar-refractivity contribution in [2.45, 2.75) is 19.9 Å². The first-order valence-electron chi connectivity index (χ1n) is 4.47. The average molecular weight is 339 g/mol. The molecule has 1 rings (SSSR count). The first kappa shape index (κ1) is 12.7. The van der Waals surface area contributed by atoms with Gasteiger partial charge in [-0.2, -0.15) is 5.10 Å². The summed E-state index contributed by atoms with van der Waals surface area (Å²) in [6.45, 7) is 3.75. The summed E-state index contributed by atoms with van der Waals surface area (Å²) in [5.74, 6) is 0.0283. The monoisotopic (exact) mass is 337 g/mol. The van der Waals surface area contributed by atoms with E-state index in [4.69, 9.17) is 0 Å². The van der Waals surface area contributed by atoms with Gasteiger partial charge in [-0.3, -0.25) is 9.48 Å². The summed E-state index contributed by atoms with van der Waals surface area (Å²) >= 11 is 6.72. The number of amides is 1. The van der Waals surface area contributed by atoms with Crippen LogP contribution < -0.4 is 0 Å². The number of likely N-dealkylation sites (N-methyl/N-ethyl adjacent to an activating group) is 1. The maximum atomic E-state index is 11.8. The minimum Gasteiger partial charge on any atom is -0.347 e. The summed E-state index contributed by atoms with van der Waals surface area (Å²) in [5, 5.41) is 4.25. The van der Waals surface area contributed by atoms with Gasteiger partial charge < -0.3 is 4.90 Å². The van der Waals surface area contributed by atoms with Crippen LogP contribution in [0.2, 0.25) is 0 Å². The third-order valence-corrected chi connectivity index (χ3v) is 4.24. The van der Waals surface area contributed by atoms with Gasteiger partial charge in [-0.1, -0.05) is 0 Å². The largest absolute Gasteiger partial charge is 0.347 e. The SMILES string of the molecule is Cc1c(Br)c(Br)nn1C(C)C(=O)N(C)C. The van der Waals surface area contributed by atoms with Crippen molar-refractivity contribution in [2.24, 2.45) is 0 Å². The van der Waals surface area contributed by atoms with Crippen molar-refractivity contribution in [1.29, 1.82) is 0 Å². The molecule has 0 aliphatic carbocycles. The summed E-state index contributed by atoms with van der Waals surface area (Å²) in [6, 6.07) is -0.289. The minimum atomic E-state index is -0.289. The molecule has 0 spiro atoms. The van der Waals surface area contributed by atoms with Crippen LogP contribution in [0.4, 0.5) is 0 Å². The molecule has 15 heavy (non-hydrogen) atoms. The summed E-state index contributed by atoms with van der Waals surface area (Å²) in [7, 11) is 3.48. The van der Waals surface area contributed by atoms with Crippen LogP contribution in [0.3, 0.4) is 0 Å². The second kappa shape index (κ2) is 4.65. The van der Waals surface area contributed by atoms with Gasteiger partial charge in [0.2, 0.25) is 5.91 Å². The third-order valence-electron chi connectivity index (χ3n) is 2.20. The van der Waals surface area contributed by atoms with Crippen molar-refractivity contribution in [3.8, 4) is 0 Å². The molecule has 0 radical (unpaired) electrons. The van der Waals surface area contributed by atoms with Crippen LogP contribution in [0.15, 0.2) is 9.08 Å². The summed E-state index contributed by atoms with van der Waals surface area (Å²) < 4.78 is 3.32. The van der Waals surface area contributed by atoms with E-state index in [0.29, 0.717) is 0 Å². The summed E-state index contributed by atoms with van der Waals surface area (Å²) in [4.78, 5) is 13.3. The summed E-state index contributed by atoms with van der Waals surface area (Å²) in [5.41, 5.74) is 0.935. The van der Waals surface area contributed by atoms with Crippen LogP contribution in [-0.4, -0.2) is 34.7 Å². The van der Waals surface area contributed by atoms with Gasteiger partial charge in [-0.25, -0.2) is 0 Å². The molecular formula is C9H13Br2N3O. The number of carbonyl (C=O) groups excluding carboxylic acids is 1. The van der Waals surface area contributed by atoms with E-state index in [1.165, 1.54) is 0 Å². The summed E-state index contributed by atoms with van der Waals surface area (Å²) in [6.07, 6.45) is 0. The van der Waals surface area contributed by atoms with Crippen molar-refractivity contribution in [1.82, 2.24) is 14.7 Å². The van der Waals surface area contributed by atoms with Gasteiger partial charge in [0.05, 0.1) is 10.2 Å². The molecule has 0 aliphatic heterocycles. The predicted molar refractivity (Wildman–Crippen MR) is 65.8 cm³/mol. The molecule has 0 aromatic carbocycles. The fourth-order valence-corrected chi connectivity index (χ4v) is 2.04. The Morgan fingerprint density at radius 1 is 1.47 bits per heavy atom. The lowest BCUT2D eigenvalue weighted by Crippen LogP contribution is -2.30. The van der Waals surface area contributed by atoms with Gasteiger partial charge in [-0.15, -0.1) is 0 Å². The van der Waals surface area contributed by atoms with Crippen molar-refractivity contribution < 1.29 is 4.79 Å². The maximum absolute atomic E-state index is 11.8. The molecule has 0 fully saturated rings. The molecule has 1 aromatic rings. The Balaban J connectivity index is 3.06. The van der Waals surface area contributed by atoms with Gasteiger partial charge in [0.15, 0.2) is 0 Å². The third kappa shape index (κ3) is 2.42. The maximum Gasteiger partial charge on any atom is 0.246 e. The Bertz CT molecular complexity index is 387. The number of rotatable bonds is 2. The molecule has 0 saturated carbocycles. The van der Waals surface area contributed by atoms with E-state index in [-0.39, 0.29) is 11.9 Å². The number of hydrogen-bond acceptors (Lipinski definition) is 2. The van der Waals surface area contributed by atoms with Crippen LogP contribution in [0.25, 0.3) is 0 Å². The molecule has 1 unspecified atom stereocenters. The van der Waals surface area contributed by atoms with E-state index in [9.17, 15) is 4.79 Å². The molecule has 1 amide bonds. The Labute approximate surface area is 106 Å². The molecule has 0 saturated heterocycles. The Kier molecular flexibility index (Phi) is 3.94. The fraction of sp³-hybridized carbons (Fsp3) is 0.556. The first-order valence-corrected chi connectivity index (χ1v) is 6.06. The smallest absolute Gasteiger partial charge is 0.246 e. The lowest BCUT2D eigenvalue weighted by molar-refractivity contribution is -0.132. The van der Waals surface area contributed by atoms with Gasteiger partial charge in [0.25, 0.3) is 0 Å². The van der Waals surface area contributed by atoms with Crippen molar-refractivity contribution in [2.75, 3.05) is 14.1 Å². The van der Waals surface area contributed by atoms with Crippen LogP contribution in [0.1, 0.15) is 18.7 Å². The Morgan fingerprint density at radius 3 is 2.33 bits per heavy atom. The number of nitrogens with zero attached hydrogens (tertiary/aromatic N) is 3. The number of aromatic nitrogens is 2. The Morgan fingerprint density at radius 2 is 2.00 bits per heavy atom. The number of carbonyl (C=O) groups is 1. The molecule has 0 bridgehead atoms. The van der Waals surface area contributed by atoms with E-state index in [1.807, 2.05) is 13.8 Å². The molecule has 1 aromatic heterocycles. The van der Waals surface area contributed by atoms with E-state index in [1.54, 1.807) is 23.7 Å². The van der Waals surface area contributed by atoms with Gasteiger partial charge in [-0.05, 0) is 45.7 Å². The lowest BCUT2D eigenvalue weighted by Gasteiger charge is -2.18. The van der Waals surface area contributed by atoms with E-state index in [0.717, 1.165) is 14.8 Å². The van der Waals surface area contributed by atoms with Gasteiger partial charge in [0.1, 0.15) is 10.6 Å². The van der Waals surface area contributed by atoms with E-state index < -0.39 is 0 Å². The predicted octanol–water partition coefficient (Wildman–Crippen LogP) is 2.37. The first-order chi connectivity index (χ1) is 6.86. The molecule has 1 atom stereocenters.